The van der Waals surface area contributed by atoms with E-state index < -0.39 is 24.0 Å². The molecule has 1 heterocycles. The first-order valence-corrected chi connectivity index (χ1v) is 9.47. The number of ether oxygens (including phenoxy) is 1. The molecule has 0 aromatic heterocycles. The van der Waals surface area contributed by atoms with Gasteiger partial charge in [0.05, 0.1) is 6.61 Å². The average molecular weight is 449 g/mol. The highest BCUT2D eigenvalue weighted by atomic mass is 35.5. The number of rotatable bonds is 7. The number of hydrogen-bond donors (Lipinski definition) is 5. The highest BCUT2D eigenvalue weighted by molar-refractivity contribution is 6.04. The quantitative estimate of drug-likeness (QED) is 0.310. The normalized spacial score (nSPS) is 16.9. The van der Waals surface area contributed by atoms with Gasteiger partial charge in [0.15, 0.2) is 12.2 Å². The number of nitrogen functional groups attached to an aromatic ring is 1. The Morgan fingerprint density at radius 2 is 2.00 bits per heavy atom. The van der Waals surface area contributed by atoms with E-state index in [4.69, 9.17) is 21.0 Å². The Bertz CT molecular complexity index is 938. The molecule has 166 valence electrons. The lowest BCUT2D eigenvalue weighted by atomic mass is 10.1. The molecule has 2 aromatic carbocycles. The molecule has 0 radical (unpaired) electrons. The fourth-order valence-electron chi connectivity index (χ4n) is 3.18. The first-order valence-electron chi connectivity index (χ1n) is 9.47. The number of halogens is 1. The first kappa shape index (κ1) is 24.3. The monoisotopic (exact) mass is 448 g/mol. The Morgan fingerprint density at radius 1 is 1.29 bits per heavy atom. The summed E-state index contributed by atoms with van der Waals surface area (Å²) in [6, 6.07) is 13.4. The molecule has 0 spiro atoms. The predicted molar refractivity (Wildman–Crippen MR) is 119 cm³/mol. The molecule has 2 atom stereocenters. The second-order valence-corrected chi connectivity index (χ2v) is 6.85. The number of nitrogens with two attached hydrogens (primary N) is 1. The van der Waals surface area contributed by atoms with Gasteiger partial charge in [0.1, 0.15) is 5.84 Å². The van der Waals surface area contributed by atoms with Crippen molar-refractivity contribution in [2.75, 3.05) is 30.0 Å². The molecule has 1 fully saturated rings. The van der Waals surface area contributed by atoms with Gasteiger partial charge >= 0.3 is 0 Å². The van der Waals surface area contributed by atoms with Crippen LogP contribution in [-0.2, 0) is 20.7 Å². The number of amidine groups is 1. The summed E-state index contributed by atoms with van der Waals surface area (Å²) in [5.41, 5.74) is 7.78. The van der Waals surface area contributed by atoms with Crippen LogP contribution < -0.4 is 16.0 Å². The van der Waals surface area contributed by atoms with Gasteiger partial charge in [-0.3, -0.25) is 15.0 Å². The van der Waals surface area contributed by atoms with Crippen molar-refractivity contribution in [2.45, 2.75) is 18.6 Å². The number of morpholine rings is 1. The minimum Gasteiger partial charge on any atom is -0.396 e. The van der Waals surface area contributed by atoms with Gasteiger partial charge in [0.2, 0.25) is 0 Å². The molecule has 1 aliphatic rings. The molecule has 31 heavy (non-hydrogen) atoms. The molecule has 10 heteroatoms. The molecule has 2 amide bonds. The summed E-state index contributed by atoms with van der Waals surface area (Å²) in [6.45, 7) is 0.451. The maximum Gasteiger partial charge on any atom is 0.259 e. The smallest absolute Gasteiger partial charge is 0.259 e. The largest absolute Gasteiger partial charge is 0.396 e. The summed E-state index contributed by atoms with van der Waals surface area (Å²) >= 11 is 0. The molecule has 2 aromatic rings. The second-order valence-electron chi connectivity index (χ2n) is 6.85. The Labute approximate surface area is 185 Å². The summed E-state index contributed by atoms with van der Waals surface area (Å²) in [7, 11) is 0. The van der Waals surface area contributed by atoms with E-state index in [-0.39, 0.29) is 31.5 Å². The number of anilines is 2. The zero-order chi connectivity index (χ0) is 21.7. The van der Waals surface area contributed by atoms with E-state index >= 15 is 0 Å². The third kappa shape index (κ3) is 5.80. The van der Waals surface area contributed by atoms with Crippen LogP contribution >= 0.6 is 12.4 Å². The molecular formula is C21H25ClN4O5. The van der Waals surface area contributed by atoms with Gasteiger partial charge in [-0.15, -0.1) is 12.4 Å². The molecule has 1 aliphatic heterocycles. The Morgan fingerprint density at radius 3 is 2.65 bits per heavy atom. The van der Waals surface area contributed by atoms with Crippen molar-refractivity contribution in [3.8, 4) is 0 Å². The van der Waals surface area contributed by atoms with Crippen LogP contribution in [0.25, 0.3) is 0 Å². The minimum absolute atomic E-state index is 0. The van der Waals surface area contributed by atoms with E-state index in [0.29, 0.717) is 29.9 Å². The third-order valence-corrected chi connectivity index (χ3v) is 4.76. The fourth-order valence-corrected chi connectivity index (χ4v) is 3.18. The lowest BCUT2D eigenvalue weighted by Gasteiger charge is -2.34. The highest BCUT2D eigenvalue weighted by Gasteiger charge is 2.39. The molecule has 0 aliphatic carbocycles. The van der Waals surface area contributed by atoms with Gasteiger partial charge in [-0.2, -0.15) is 0 Å². The zero-order valence-electron chi connectivity index (χ0n) is 16.7. The lowest BCUT2D eigenvalue weighted by Crippen LogP contribution is -2.55. The number of carbonyl (C=O) groups is 2. The topological polar surface area (TPSA) is 149 Å². The molecule has 1 saturated heterocycles. The summed E-state index contributed by atoms with van der Waals surface area (Å²) in [5, 5.41) is 29.5. The van der Waals surface area contributed by atoms with Crippen molar-refractivity contribution in [3.63, 3.8) is 0 Å². The van der Waals surface area contributed by atoms with Crippen LogP contribution in [0.5, 0.6) is 0 Å². The number of amides is 2. The van der Waals surface area contributed by atoms with E-state index in [1.54, 1.807) is 42.5 Å². The zero-order valence-corrected chi connectivity index (χ0v) is 17.5. The van der Waals surface area contributed by atoms with Crippen LogP contribution in [0, 0.1) is 5.41 Å². The van der Waals surface area contributed by atoms with E-state index in [2.05, 4.69) is 5.32 Å². The van der Waals surface area contributed by atoms with Crippen molar-refractivity contribution in [3.05, 3.63) is 59.7 Å². The summed E-state index contributed by atoms with van der Waals surface area (Å²) in [4.78, 5) is 26.8. The highest BCUT2D eigenvalue weighted by Crippen LogP contribution is 2.22. The molecule has 9 nitrogen and oxygen atoms in total. The van der Waals surface area contributed by atoms with Crippen molar-refractivity contribution < 1.29 is 24.5 Å². The van der Waals surface area contributed by atoms with E-state index in [0.717, 1.165) is 5.56 Å². The van der Waals surface area contributed by atoms with Gasteiger partial charge < -0.3 is 30.9 Å². The minimum atomic E-state index is -1.70. The number of nitrogens with zero attached hydrogens (tertiary/aromatic N) is 1. The summed E-state index contributed by atoms with van der Waals surface area (Å²) < 4.78 is 5.40. The molecule has 6 N–H and O–H groups in total. The first-order chi connectivity index (χ1) is 14.4. The molecule has 1 unspecified atom stereocenters. The third-order valence-electron chi connectivity index (χ3n) is 4.76. The number of carbonyl (C=O) groups excluding carboxylic acids is 2. The lowest BCUT2D eigenvalue weighted by molar-refractivity contribution is -0.150. The summed E-state index contributed by atoms with van der Waals surface area (Å²) in [6.07, 6.45) is -2.58. The SMILES string of the molecule is Cl.N=C(N)c1ccc(NC(=O)C(O)[C@H]2OCCN(c3cccc(CCO)c3)C2=O)cc1. The standard InChI is InChI=1S/C21H24N4O5.ClH/c22-19(23)14-4-6-15(7-5-14)24-20(28)17(27)18-21(29)25(9-11-30-18)16-3-1-2-13(12-16)8-10-26;/h1-7,12,17-18,26-27H,8-11H2,(H3,22,23)(H,24,28);1H/t17?,18-;/m1./s1. The second kappa shape index (κ2) is 10.9. The molecule has 0 saturated carbocycles. The van der Waals surface area contributed by atoms with Gasteiger partial charge in [-0.25, -0.2) is 0 Å². The van der Waals surface area contributed by atoms with Crippen molar-refractivity contribution in [2.24, 2.45) is 5.73 Å². The molecule has 3 rings (SSSR count). The number of aliphatic hydroxyl groups is 2. The number of benzene rings is 2. The van der Waals surface area contributed by atoms with E-state index in [9.17, 15) is 14.7 Å². The van der Waals surface area contributed by atoms with Crippen LogP contribution in [0.1, 0.15) is 11.1 Å². The molecule has 0 bridgehead atoms. The van der Waals surface area contributed by atoms with E-state index in [1.807, 2.05) is 6.07 Å². The number of hydrogen-bond acceptors (Lipinski definition) is 6. The Balaban J connectivity index is 0.00000341. The van der Waals surface area contributed by atoms with Gasteiger partial charge in [-0.05, 0) is 48.4 Å². The fraction of sp³-hybridized carbons (Fsp3) is 0.286. The van der Waals surface area contributed by atoms with Crippen molar-refractivity contribution in [1.82, 2.24) is 0 Å². The Hall–Kier alpha value is -2.98. The maximum absolute atomic E-state index is 12.9. The Kier molecular flexibility index (Phi) is 8.52. The van der Waals surface area contributed by atoms with Crippen molar-refractivity contribution in [1.29, 1.82) is 5.41 Å². The van der Waals surface area contributed by atoms with Crippen LogP contribution in [0.3, 0.4) is 0 Å². The number of aliphatic hydroxyl groups excluding tert-OH is 2. The maximum atomic E-state index is 12.9. The number of nitrogens with one attached hydrogen (secondary N) is 2. The summed E-state index contributed by atoms with van der Waals surface area (Å²) in [5.74, 6) is -1.39. The van der Waals surface area contributed by atoms with Gasteiger partial charge in [-0.1, -0.05) is 12.1 Å². The average Bonchev–Trinajstić information content (AvgIpc) is 2.74. The van der Waals surface area contributed by atoms with Gasteiger partial charge in [0.25, 0.3) is 11.8 Å². The van der Waals surface area contributed by atoms with Crippen LogP contribution in [0.4, 0.5) is 11.4 Å². The van der Waals surface area contributed by atoms with Crippen molar-refractivity contribution >= 4 is 41.4 Å². The van der Waals surface area contributed by atoms with Crippen LogP contribution in [-0.4, -0.2) is 59.8 Å². The predicted octanol–water partition coefficient (Wildman–Crippen LogP) is 0.659. The van der Waals surface area contributed by atoms with Crippen LogP contribution in [0.15, 0.2) is 48.5 Å². The molecular weight excluding hydrogens is 424 g/mol. The van der Waals surface area contributed by atoms with E-state index in [1.165, 1.54) is 4.90 Å². The van der Waals surface area contributed by atoms with Gasteiger partial charge in [0, 0.05) is 30.1 Å². The van der Waals surface area contributed by atoms with Crippen LogP contribution in [0.2, 0.25) is 0 Å².